The fourth-order valence-electron chi connectivity index (χ4n) is 3.80. The van der Waals surface area contributed by atoms with Crippen LogP contribution in [0.5, 0.6) is 5.75 Å². The fourth-order valence-corrected chi connectivity index (χ4v) is 4.27. The third kappa shape index (κ3) is 3.97. The lowest BCUT2D eigenvalue weighted by Crippen LogP contribution is -2.51. The summed E-state index contributed by atoms with van der Waals surface area (Å²) in [6.45, 7) is 0.701. The van der Waals surface area contributed by atoms with Crippen LogP contribution in [0.1, 0.15) is 24.0 Å². The molecule has 2 atom stereocenters. The maximum absolute atomic E-state index is 14.8. The Morgan fingerprint density at radius 3 is 2.41 bits per heavy atom. The lowest BCUT2D eigenvalue weighted by Gasteiger charge is -2.38. The number of fused-ring (bicyclic) bond motifs is 1. The van der Waals surface area contributed by atoms with Gasteiger partial charge in [0.2, 0.25) is 0 Å². The zero-order valence-corrected chi connectivity index (χ0v) is 17.0. The molecule has 0 heterocycles. The molecule has 3 nitrogen and oxygen atoms in total. The Labute approximate surface area is 173 Å². The fraction of sp³-hybridized carbons (Fsp3) is 0.304. The van der Waals surface area contributed by atoms with E-state index in [1.54, 1.807) is 24.3 Å². The van der Waals surface area contributed by atoms with Gasteiger partial charge < -0.3 is 4.74 Å². The van der Waals surface area contributed by atoms with Crippen molar-refractivity contribution in [1.82, 2.24) is 0 Å². The van der Waals surface area contributed by atoms with Gasteiger partial charge in [-0.3, -0.25) is 0 Å². The van der Waals surface area contributed by atoms with E-state index in [4.69, 9.17) is 16.3 Å². The second-order valence-corrected chi connectivity index (χ2v) is 7.48. The van der Waals surface area contributed by atoms with Crippen molar-refractivity contribution < 1.29 is 13.5 Å². The Balaban J connectivity index is 2.20. The number of hydrogen-bond donors (Lipinski definition) is 0. The van der Waals surface area contributed by atoms with Gasteiger partial charge in [-0.25, -0.2) is 8.78 Å². The summed E-state index contributed by atoms with van der Waals surface area (Å²) in [5.41, 5.74) is -0.935. The van der Waals surface area contributed by atoms with Crippen molar-refractivity contribution in [2.75, 3.05) is 13.0 Å². The number of alkyl halides is 3. The zero-order valence-electron chi connectivity index (χ0n) is 16.2. The van der Waals surface area contributed by atoms with Crippen molar-refractivity contribution in [1.29, 1.82) is 0 Å². The predicted molar refractivity (Wildman–Crippen MR) is 113 cm³/mol. The smallest absolute Gasteiger partial charge is 0.275 e. The third-order valence-electron chi connectivity index (χ3n) is 5.50. The number of nitroso groups, excluding NO2 is 1. The summed E-state index contributed by atoms with van der Waals surface area (Å²) in [5.74, 6) is -4.46. The van der Waals surface area contributed by atoms with Crippen LogP contribution < -0.4 is 4.74 Å². The van der Waals surface area contributed by atoms with Gasteiger partial charge >= 0.3 is 0 Å². The number of hydrogen-bond acceptors (Lipinski definition) is 3. The maximum Gasteiger partial charge on any atom is 0.275 e. The topological polar surface area (TPSA) is 38.7 Å². The Morgan fingerprint density at radius 1 is 1.07 bits per heavy atom. The summed E-state index contributed by atoms with van der Waals surface area (Å²) >= 11 is 6.01. The summed E-state index contributed by atoms with van der Waals surface area (Å²) in [7, 11) is 1.50. The first-order chi connectivity index (χ1) is 13.9. The quantitative estimate of drug-likeness (QED) is 0.307. The van der Waals surface area contributed by atoms with Gasteiger partial charge in [-0.05, 0) is 40.5 Å². The van der Waals surface area contributed by atoms with Gasteiger partial charge in [-0.15, -0.1) is 16.5 Å². The molecule has 0 radical (unpaired) electrons. The molecule has 3 aromatic rings. The van der Waals surface area contributed by atoms with E-state index in [0.29, 0.717) is 18.2 Å². The van der Waals surface area contributed by atoms with Gasteiger partial charge in [0.15, 0.2) is 5.54 Å². The van der Waals surface area contributed by atoms with E-state index in [1.807, 2.05) is 42.5 Å². The SMILES string of the molecule is COc1cccc(C(Cc2cccc3ccccc23)C(CCl)(N=O)C(C)(F)F)c1. The van der Waals surface area contributed by atoms with E-state index in [-0.39, 0.29) is 6.42 Å². The molecule has 0 aliphatic heterocycles. The van der Waals surface area contributed by atoms with Crippen molar-refractivity contribution in [2.45, 2.75) is 30.7 Å². The molecule has 0 aliphatic carbocycles. The summed E-state index contributed by atoms with van der Waals surface area (Å²) in [4.78, 5) is 11.9. The van der Waals surface area contributed by atoms with Crippen molar-refractivity contribution in [3.63, 3.8) is 0 Å². The van der Waals surface area contributed by atoms with Crippen molar-refractivity contribution in [3.05, 3.63) is 82.8 Å². The number of ether oxygens (including phenoxy) is 1. The first-order valence-corrected chi connectivity index (χ1v) is 9.78. The average molecular weight is 418 g/mol. The van der Waals surface area contributed by atoms with E-state index >= 15 is 0 Å². The van der Waals surface area contributed by atoms with Gasteiger partial charge in [0.1, 0.15) is 5.75 Å². The van der Waals surface area contributed by atoms with E-state index in [0.717, 1.165) is 16.3 Å². The molecule has 6 heteroatoms. The third-order valence-corrected chi connectivity index (χ3v) is 5.91. The number of methoxy groups -OCH3 is 1. The van der Waals surface area contributed by atoms with Crippen LogP contribution in [0.3, 0.4) is 0 Å². The molecule has 152 valence electrons. The van der Waals surface area contributed by atoms with Crippen LogP contribution in [0, 0.1) is 4.91 Å². The van der Waals surface area contributed by atoms with Crippen LogP contribution >= 0.6 is 11.6 Å². The molecule has 0 spiro atoms. The van der Waals surface area contributed by atoms with Crippen LogP contribution in [0.2, 0.25) is 0 Å². The first-order valence-electron chi connectivity index (χ1n) is 9.25. The Morgan fingerprint density at radius 2 is 1.76 bits per heavy atom. The molecule has 29 heavy (non-hydrogen) atoms. The van der Waals surface area contributed by atoms with E-state index in [9.17, 15) is 13.7 Å². The molecule has 0 aliphatic rings. The molecular weight excluding hydrogens is 396 g/mol. The molecule has 0 aromatic heterocycles. The summed E-state index contributed by atoms with van der Waals surface area (Å²) in [6.07, 6.45) is 0.177. The highest BCUT2D eigenvalue weighted by molar-refractivity contribution is 6.18. The van der Waals surface area contributed by atoms with Crippen LogP contribution in [-0.4, -0.2) is 24.5 Å². The summed E-state index contributed by atoms with van der Waals surface area (Å²) in [6, 6.07) is 20.2. The Kier molecular flexibility index (Phi) is 6.18. The minimum atomic E-state index is -3.42. The molecule has 0 bridgehead atoms. The molecule has 0 N–H and O–H groups in total. The second-order valence-electron chi connectivity index (χ2n) is 7.21. The second kappa shape index (κ2) is 8.46. The summed E-state index contributed by atoms with van der Waals surface area (Å²) in [5, 5.41) is 4.88. The van der Waals surface area contributed by atoms with Crippen molar-refractivity contribution >= 4 is 22.4 Å². The maximum atomic E-state index is 14.8. The largest absolute Gasteiger partial charge is 0.497 e. The predicted octanol–water partition coefficient (Wildman–Crippen LogP) is 6.57. The minimum absolute atomic E-state index is 0.177. The monoisotopic (exact) mass is 417 g/mol. The van der Waals surface area contributed by atoms with E-state index in [1.165, 1.54) is 7.11 Å². The molecule has 0 saturated carbocycles. The number of benzene rings is 3. The Bertz CT molecular complexity index is 1000. The highest BCUT2D eigenvalue weighted by Gasteiger charge is 2.57. The molecule has 3 rings (SSSR count). The standard InChI is InChI=1S/C23H22ClF2NO2/c1-22(25,26)23(15-24,27-28)21(18-10-6-11-19(13-18)29-2)14-17-9-5-8-16-7-3-4-12-20(16)17/h3-13,21H,14-15H2,1-2H3. The van der Waals surface area contributed by atoms with E-state index < -0.39 is 23.3 Å². The van der Waals surface area contributed by atoms with Crippen LogP contribution in [-0.2, 0) is 6.42 Å². The van der Waals surface area contributed by atoms with E-state index in [2.05, 4.69) is 5.18 Å². The summed E-state index contributed by atoms with van der Waals surface area (Å²) < 4.78 is 34.8. The highest BCUT2D eigenvalue weighted by Crippen LogP contribution is 2.46. The number of halogens is 3. The van der Waals surface area contributed by atoms with Gasteiger partial charge in [0.25, 0.3) is 5.92 Å². The number of nitrogens with zero attached hydrogens (tertiary/aromatic N) is 1. The molecule has 0 fully saturated rings. The van der Waals surface area contributed by atoms with Crippen LogP contribution in [0.15, 0.2) is 71.9 Å². The molecule has 2 unspecified atom stereocenters. The molecule has 3 aromatic carbocycles. The van der Waals surface area contributed by atoms with Crippen LogP contribution in [0.4, 0.5) is 8.78 Å². The molecule has 0 saturated heterocycles. The van der Waals surface area contributed by atoms with Crippen LogP contribution in [0.25, 0.3) is 10.8 Å². The van der Waals surface area contributed by atoms with Gasteiger partial charge in [0.05, 0.1) is 13.0 Å². The van der Waals surface area contributed by atoms with Gasteiger partial charge in [0, 0.05) is 12.8 Å². The van der Waals surface area contributed by atoms with Crippen molar-refractivity contribution in [2.24, 2.45) is 5.18 Å². The molecular formula is C23H22ClF2NO2. The zero-order chi connectivity index (χ0) is 21.1. The normalized spacial score (nSPS) is 14.9. The molecule has 0 amide bonds. The van der Waals surface area contributed by atoms with Gasteiger partial charge in [-0.2, -0.15) is 0 Å². The Hall–Kier alpha value is -2.53. The lowest BCUT2D eigenvalue weighted by molar-refractivity contribution is -0.0584. The lowest BCUT2D eigenvalue weighted by atomic mass is 9.73. The average Bonchev–Trinajstić information content (AvgIpc) is 2.73. The highest BCUT2D eigenvalue weighted by atomic mass is 35.5. The minimum Gasteiger partial charge on any atom is -0.497 e. The van der Waals surface area contributed by atoms with Crippen molar-refractivity contribution in [3.8, 4) is 5.75 Å². The van der Waals surface area contributed by atoms with Gasteiger partial charge in [-0.1, -0.05) is 59.8 Å². The number of rotatable bonds is 8. The first kappa shape index (κ1) is 21.2.